The molecular formula is C15H15BrN2O3S. The summed E-state index contributed by atoms with van der Waals surface area (Å²) in [5.74, 6) is 0.952. The number of nitrogens with zero attached hydrogens (tertiary/aromatic N) is 1. The number of hydrogen-bond donors (Lipinski definition) is 1. The van der Waals surface area contributed by atoms with Crippen molar-refractivity contribution in [1.29, 1.82) is 0 Å². The number of ether oxygens (including phenoxy) is 2. The summed E-state index contributed by atoms with van der Waals surface area (Å²) in [6.45, 7) is 1.72. The van der Waals surface area contributed by atoms with Crippen LogP contribution in [0, 0.1) is 0 Å². The van der Waals surface area contributed by atoms with E-state index < -0.39 is 0 Å². The fraction of sp³-hybridized carbons (Fsp3) is 0.200. The second kappa shape index (κ2) is 7.95. The molecule has 1 heterocycles. The summed E-state index contributed by atoms with van der Waals surface area (Å²) in [5, 5.41) is 6.00. The maximum absolute atomic E-state index is 11.7. The lowest BCUT2D eigenvalue weighted by Crippen LogP contribution is -2.25. The third-order valence-electron chi connectivity index (χ3n) is 2.72. The van der Waals surface area contributed by atoms with Gasteiger partial charge in [-0.15, -0.1) is 11.3 Å². The molecule has 22 heavy (non-hydrogen) atoms. The summed E-state index contributed by atoms with van der Waals surface area (Å²) in [5.41, 5.74) is 3.23. The number of carbonyl (C=O) groups excluding carboxylic acids is 1. The van der Waals surface area contributed by atoms with Gasteiger partial charge in [-0.1, -0.05) is 6.07 Å². The molecule has 1 amide bonds. The summed E-state index contributed by atoms with van der Waals surface area (Å²) in [6.07, 6.45) is 0. The SMILES string of the molecule is COc1ccc(OCC(=O)N/N=C(\C)c2cccs2)c(Br)c1. The second-order valence-electron chi connectivity index (χ2n) is 4.29. The molecule has 1 N–H and O–H groups in total. The Bertz CT molecular complexity index is 671. The summed E-state index contributed by atoms with van der Waals surface area (Å²) in [7, 11) is 1.59. The standard InChI is InChI=1S/C15H15BrN2O3S/c1-10(14-4-3-7-22-14)17-18-15(19)9-21-13-6-5-11(20-2)8-12(13)16/h3-8H,9H2,1-2H3,(H,18,19)/b17-10+. The predicted octanol–water partition coefficient (Wildman–Crippen LogP) is 3.44. The average Bonchev–Trinajstić information content (AvgIpc) is 3.05. The van der Waals surface area contributed by atoms with Crippen molar-refractivity contribution in [3.05, 3.63) is 45.1 Å². The quantitative estimate of drug-likeness (QED) is 0.614. The highest BCUT2D eigenvalue weighted by Gasteiger charge is 2.07. The van der Waals surface area contributed by atoms with Crippen LogP contribution in [-0.4, -0.2) is 25.3 Å². The van der Waals surface area contributed by atoms with Gasteiger partial charge in [0.2, 0.25) is 0 Å². The fourth-order valence-electron chi connectivity index (χ4n) is 1.59. The van der Waals surface area contributed by atoms with Crippen molar-refractivity contribution in [1.82, 2.24) is 5.43 Å². The Morgan fingerprint density at radius 1 is 1.41 bits per heavy atom. The maximum atomic E-state index is 11.7. The Morgan fingerprint density at radius 2 is 2.23 bits per heavy atom. The van der Waals surface area contributed by atoms with Crippen LogP contribution in [0.3, 0.4) is 0 Å². The molecule has 0 unspecified atom stereocenters. The van der Waals surface area contributed by atoms with Gasteiger partial charge in [0.15, 0.2) is 6.61 Å². The average molecular weight is 383 g/mol. The highest BCUT2D eigenvalue weighted by Crippen LogP contribution is 2.28. The van der Waals surface area contributed by atoms with Crippen molar-refractivity contribution in [3.63, 3.8) is 0 Å². The molecule has 0 spiro atoms. The minimum absolute atomic E-state index is 0.119. The number of nitrogens with one attached hydrogen (secondary N) is 1. The van der Waals surface area contributed by atoms with Crippen LogP contribution in [0.5, 0.6) is 11.5 Å². The molecule has 2 aromatic rings. The minimum atomic E-state index is -0.321. The summed E-state index contributed by atoms with van der Waals surface area (Å²) < 4.78 is 11.3. The van der Waals surface area contributed by atoms with E-state index in [4.69, 9.17) is 9.47 Å². The van der Waals surface area contributed by atoms with Gasteiger partial charge in [-0.25, -0.2) is 5.43 Å². The van der Waals surface area contributed by atoms with E-state index in [1.54, 1.807) is 36.6 Å². The Hall–Kier alpha value is -1.86. The highest BCUT2D eigenvalue weighted by atomic mass is 79.9. The first kappa shape index (κ1) is 16.5. The molecule has 7 heteroatoms. The van der Waals surface area contributed by atoms with E-state index in [9.17, 15) is 4.79 Å². The fourth-order valence-corrected chi connectivity index (χ4v) is 2.74. The Kier molecular flexibility index (Phi) is 5.97. The van der Waals surface area contributed by atoms with Gasteiger partial charge in [-0.05, 0) is 52.5 Å². The second-order valence-corrected chi connectivity index (χ2v) is 6.10. The Balaban J connectivity index is 1.87. The smallest absolute Gasteiger partial charge is 0.277 e. The van der Waals surface area contributed by atoms with Crippen LogP contribution >= 0.6 is 27.3 Å². The van der Waals surface area contributed by atoms with Gasteiger partial charge >= 0.3 is 0 Å². The topological polar surface area (TPSA) is 59.9 Å². The van der Waals surface area contributed by atoms with Crippen LogP contribution in [0.2, 0.25) is 0 Å². The summed E-state index contributed by atoms with van der Waals surface area (Å²) >= 11 is 4.93. The van der Waals surface area contributed by atoms with Crippen LogP contribution in [0.15, 0.2) is 45.3 Å². The first-order valence-corrected chi connectivity index (χ1v) is 8.10. The van der Waals surface area contributed by atoms with Crippen molar-refractivity contribution >= 4 is 38.9 Å². The van der Waals surface area contributed by atoms with Gasteiger partial charge in [0.25, 0.3) is 5.91 Å². The molecule has 0 bridgehead atoms. The van der Waals surface area contributed by atoms with Crippen LogP contribution < -0.4 is 14.9 Å². The normalized spacial score (nSPS) is 11.1. The largest absolute Gasteiger partial charge is 0.497 e. The van der Waals surface area contributed by atoms with E-state index in [-0.39, 0.29) is 12.5 Å². The zero-order valence-electron chi connectivity index (χ0n) is 12.1. The van der Waals surface area contributed by atoms with E-state index in [1.807, 2.05) is 24.4 Å². The monoisotopic (exact) mass is 382 g/mol. The number of hydrogen-bond acceptors (Lipinski definition) is 5. The molecule has 0 aliphatic heterocycles. The first-order chi connectivity index (χ1) is 10.6. The van der Waals surface area contributed by atoms with Crippen molar-refractivity contribution in [2.45, 2.75) is 6.92 Å². The van der Waals surface area contributed by atoms with Gasteiger partial charge in [-0.3, -0.25) is 4.79 Å². The molecule has 5 nitrogen and oxygen atoms in total. The number of rotatable bonds is 6. The summed E-state index contributed by atoms with van der Waals surface area (Å²) in [4.78, 5) is 12.8. The molecule has 0 atom stereocenters. The molecule has 0 saturated carbocycles. The van der Waals surface area contributed by atoms with Gasteiger partial charge in [0, 0.05) is 4.88 Å². The third kappa shape index (κ3) is 4.57. The van der Waals surface area contributed by atoms with Crippen LogP contribution in [-0.2, 0) is 4.79 Å². The van der Waals surface area contributed by atoms with E-state index >= 15 is 0 Å². The molecule has 0 aliphatic rings. The van der Waals surface area contributed by atoms with Crippen LogP contribution in [0.4, 0.5) is 0 Å². The van der Waals surface area contributed by atoms with E-state index in [0.717, 1.165) is 15.1 Å². The molecule has 0 saturated heterocycles. The lowest BCUT2D eigenvalue weighted by molar-refractivity contribution is -0.123. The van der Waals surface area contributed by atoms with Crippen molar-refractivity contribution in [2.75, 3.05) is 13.7 Å². The number of methoxy groups -OCH3 is 1. The van der Waals surface area contributed by atoms with Gasteiger partial charge < -0.3 is 9.47 Å². The maximum Gasteiger partial charge on any atom is 0.277 e. The van der Waals surface area contributed by atoms with E-state index in [2.05, 4.69) is 26.5 Å². The summed E-state index contributed by atoms with van der Waals surface area (Å²) in [6, 6.07) is 9.14. The number of thiophene rings is 1. The van der Waals surface area contributed by atoms with Crippen LogP contribution in [0.25, 0.3) is 0 Å². The molecular weight excluding hydrogens is 368 g/mol. The number of benzene rings is 1. The molecule has 0 aliphatic carbocycles. The number of hydrazone groups is 1. The first-order valence-electron chi connectivity index (χ1n) is 6.43. The third-order valence-corrected chi connectivity index (χ3v) is 4.32. The lowest BCUT2D eigenvalue weighted by atomic mass is 10.3. The molecule has 0 radical (unpaired) electrons. The molecule has 2 rings (SSSR count). The highest BCUT2D eigenvalue weighted by molar-refractivity contribution is 9.10. The predicted molar refractivity (Wildman–Crippen MR) is 90.9 cm³/mol. The van der Waals surface area contributed by atoms with Crippen molar-refractivity contribution < 1.29 is 14.3 Å². The van der Waals surface area contributed by atoms with Gasteiger partial charge in [0.1, 0.15) is 11.5 Å². The number of halogens is 1. The van der Waals surface area contributed by atoms with Crippen molar-refractivity contribution in [2.24, 2.45) is 5.10 Å². The molecule has 1 aromatic heterocycles. The lowest BCUT2D eigenvalue weighted by Gasteiger charge is -2.08. The van der Waals surface area contributed by atoms with E-state index in [1.165, 1.54) is 0 Å². The molecule has 0 fully saturated rings. The number of amides is 1. The van der Waals surface area contributed by atoms with Crippen LogP contribution in [0.1, 0.15) is 11.8 Å². The van der Waals surface area contributed by atoms with E-state index in [0.29, 0.717) is 11.5 Å². The molecule has 116 valence electrons. The minimum Gasteiger partial charge on any atom is -0.497 e. The van der Waals surface area contributed by atoms with Gasteiger partial charge in [-0.2, -0.15) is 5.10 Å². The van der Waals surface area contributed by atoms with Gasteiger partial charge in [0.05, 0.1) is 17.3 Å². The Labute approximate surface area is 141 Å². The van der Waals surface area contributed by atoms with Crippen molar-refractivity contribution in [3.8, 4) is 11.5 Å². The Morgan fingerprint density at radius 3 is 2.86 bits per heavy atom. The number of carbonyl (C=O) groups is 1. The molecule has 1 aromatic carbocycles. The zero-order chi connectivity index (χ0) is 15.9. The zero-order valence-corrected chi connectivity index (χ0v) is 14.5.